The maximum atomic E-state index is 13.6. The van der Waals surface area contributed by atoms with Gasteiger partial charge in [-0.1, -0.05) is 53.6 Å². The number of hydrogen-bond acceptors (Lipinski definition) is 4. The molecule has 0 heterocycles. The van der Waals surface area contributed by atoms with Crippen LogP contribution in [-0.2, 0) is 14.3 Å². The fraction of sp³-hybridized carbons (Fsp3) is 0.423. The summed E-state index contributed by atoms with van der Waals surface area (Å²) >= 11 is 6.33. The van der Waals surface area contributed by atoms with Gasteiger partial charge in [-0.3, -0.25) is 9.59 Å². The van der Waals surface area contributed by atoms with Crippen molar-refractivity contribution in [2.45, 2.75) is 66.2 Å². The van der Waals surface area contributed by atoms with E-state index in [4.69, 9.17) is 16.3 Å². The van der Waals surface area contributed by atoms with Crippen molar-refractivity contribution in [2.24, 2.45) is 0 Å². The van der Waals surface area contributed by atoms with Crippen LogP contribution in [0.15, 0.2) is 42.5 Å². The molecule has 2 N–H and O–H groups in total. The summed E-state index contributed by atoms with van der Waals surface area (Å²) < 4.78 is 5.23. The average molecular weight is 488 g/mol. The summed E-state index contributed by atoms with van der Waals surface area (Å²) in [5.74, 6) is -0.820. The van der Waals surface area contributed by atoms with Crippen molar-refractivity contribution in [1.29, 1.82) is 0 Å². The highest BCUT2D eigenvalue weighted by atomic mass is 35.5. The third-order valence-corrected chi connectivity index (χ3v) is 5.30. The van der Waals surface area contributed by atoms with Gasteiger partial charge in [0.15, 0.2) is 0 Å². The highest BCUT2D eigenvalue weighted by Gasteiger charge is 2.34. The molecule has 8 heteroatoms. The van der Waals surface area contributed by atoms with Crippen LogP contribution in [0.3, 0.4) is 0 Å². The second kappa shape index (κ2) is 11.4. The average Bonchev–Trinajstić information content (AvgIpc) is 2.71. The number of alkyl carbamates (subject to hydrolysis) is 1. The molecule has 0 radical (unpaired) electrons. The summed E-state index contributed by atoms with van der Waals surface area (Å²) in [6.45, 7) is 12.3. The highest BCUT2D eigenvalue weighted by molar-refractivity contribution is 6.34. The van der Waals surface area contributed by atoms with Crippen LogP contribution >= 0.6 is 11.6 Å². The van der Waals surface area contributed by atoms with E-state index in [1.165, 1.54) is 4.90 Å². The number of nitrogens with zero attached hydrogens (tertiary/aromatic N) is 1. The van der Waals surface area contributed by atoms with Crippen molar-refractivity contribution in [3.8, 4) is 0 Å². The number of ether oxygens (including phenoxy) is 1. The van der Waals surface area contributed by atoms with Gasteiger partial charge in [0.25, 0.3) is 5.91 Å². The summed E-state index contributed by atoms with van der Waals surface area (Å²) in [5.41, 5.74) is 2.21. The third kappa shape index (κ3) is 7.48. The number of para-hydroxylation sites is 1. The molecule has 0 spiro atoms. The molecule has 0 aliphatic heterocycles. The standard InChI is InChI=1S/C26H34ClN3O4/c1-16(2)30(21(31)15-28-25(33)34-26(5,6)7)23(19-12-8-10-17(3)14-19)24(32)29-22-18(4)11-9-13-20(22)27/h8-14,16,23H,15H2,1-7H3,(H,28,33)(H,29,32). The topological polar surface area (TPSA) is 87.7 Å². The lowest BCUT2D eigenvalue weighted by Crippen LogP contribution is -2.49. The van der Waals surface area contributed by atoms with E-state index in [9.17, 15) is 14.4 Å². The number of amides is 3. The van der Waals surface area contributed by atoms with Gasteiger partial charge in [0.1, 0.15) is 18.2 Å². The molecule has 34 heavy (non-hydrogen) atoms. The zero-order valence-electron chi connectivity index (χ0n) is 20.9. The van der Waals surface area contributed by atoms with E-state index < -0.39 is 29.6 Å². The van der Waals surface area contributed by atoms with Crippen LogP contribution in [0.1, 0.15) is 57.4 Å². The number of carbonyl (C=O) groups is 3. The van der Waals surface area contributed by atoms with Gasteiger partial charge in [-0.25, -0.2) is 4.79 Å². The molecule has 2 aromatic carbocycles. The molecule has 2 rings (SSSR count). The molecule has 0 fully saturated rings. The van der Waals surface area contributed by atoms with Crippen molar-refractivity contribution >= 4 is 35.2 Å². The summed E-state index contributed by atoms with van der Waals surface area (Å²) in [6.07, 6.45) is -0.701. The Hall–Kier alpha value is -3.06. The third-order valence-electron chi connectivity index (χ3n) is 4.98. The van der Waals surface area contributed by atoms with Gasteiger partial charge in [0, 0.05) is 6.04 Å². The Balaban J connectivity index is 2.39. The first kappa shape index (κ1) is 27.2. The van der Waals surface area contributed by atoms with Crippen molar-refractivity contribution in [3.05, 3.63) is 64.2 Å². The van der Waals surface area contributed by atoms with Gasteiger partial charge in [-0.2, -0.15) is 0 Å². The Bertz CT molecular complexity index is 1030. The van der Waals surface area contributed by atoms with Gasteiger partial charge >= 0.3 is 6.09 Å². The minimum atomic E-state index is -0.941. The SMILES string of the molecule is Cc1cccc(C(C(=O)Nc2c(C)cccc2Cl)N(C(=O)CNC(=O)OC(C)(C)C)C(C)C)c1. The van der Waals surface area contributed by atoms with Crippen molar-refractivity contribution in [2.75, 3.05) is 11.9 Å². The van der Waals surface area contributed by atoms with E-state index in [1.54, 1.807) is 39.0 Å². The van der Waals surface area contributed by atoms with Crippen LogP contribution < -0.4 is 10.6 Å². The van der Waals surface area contributed by atoms with Gasteiger partial charge in [-0.15, -0.1) is 0 Å². The molecule has 3 amide bonds. The zero-order valence-corrected chi connectivity index (χ0v) is 21.6. The molecule has 7 nitrogen and oxygen atoms in total. The lowest BCUT2D eigenvalue weighted by Gasteiger charge is -2.35. The maximum absolute atomic E-state index is 13.6. The first-order chi connectivity index (χ1) is 15.8. The smallest absolute Gasteiger partial charge is 0.408 e. The Morgan fingerprint density at radius 2 is 1.71 bits per heavy atom. The Morgan fingerprint density at radius 3 is 2.26 bits per heavy atom. The number of carbonyl (C=O) groups excluding carboxylic acids is 3. The van der Waals surface area contributed by atoms with E-state index >= 15 is 0 Å². The predicted octanol–water partition coefficient (Wildman–Crippen LogP) is 5.40. The molecular weight excluding hydrogens is 454 g/mol. The Labute approximate surface area is 206 Å². The molecule has 1 unspecified atom stereocenters. The number of hydrogen-bond donors (Lipinski definition) is 2. The number of benzene rings is 2. The summed E-state index contributed by atoms with van der Waals surface area (Å²) in [6, 6.07) is 11.5. The highest BCUT2D eigenvalue weighted by Crippen LogP contribution is 2.30. The first-order valence-corrected chi connectivity index (χ1v) is 11.6. The molecule has 0 saturated heterocycles. The minimum absolute atomic E-state index is 0.312. The lowest BCUT2D eigenvalue weighted by molar-refractivity contribution is -0.140. The number of rotatable bonds is 7. The molecule has 2 aromatic rings. The Morgan fingerprint density at radius 1 is 1.06 bits per heavy atom. The largest absolute Gasteiger partial charge is 0.444 e. The van der Waals surface area contributed by atoms with Crippen LogP contribution in [0.5, 0.6) is 0 Å². The number of nitrogens with one attached hydrogen (secondary N) is 2. The van der Waals surface area contributed by atoms with Gasteiger partial charge in [0.05, 0.1) is 10.7 Å². The number of halogens is 1. The van der Waals surface area contributed by atoms with Crippen LogP contribution in [0.25, 0.3) is 0 Å². The van der Waals surface area contributed by atoms with Crippen LogP contribution in [0, 0.1) is 13.8 Å². The molecule has 0 aliphatic carbocycles. The van der Waals surface area contributed by atoms with Crippen LogP contribution in [0.4, 0.5) is 10.5 Å². The lowest BCUT2D eigenvalue weighted by atomic mass is 10.00. The second-order valence-electron chi connectivity index (χ2n) is 9.49. The molecule has 0 aromatic heterocycles. The van der Waals surface area contributed by atoms with E-state index in [1.807, 2.05) is 52.0 Å². The molecule has 184 valence electrons. The van der Waals surface area contributed by atoms with Crippen LogP contribution in [0.2, 0.25) is 5.02 Å². The monoisotopic (exact) mass is 487 g/mol. The first-order valence-electron chi connectivity index (χ1n) is 11.2. The maximum Gasteiger partial charge on any atom is 0.408 e. The van der Waals surface area contributed by atoms with E-state index in [2.05, 4.69) is 10.6 Å². The van der Waals surface area contributed by atoms with E-state index in [-0.39, 0.29) is 12.6 Å². The molecule has 1 atom stereocenters. The van der Waals surface area contributed by atoms with Gasteiger partial charge in [-0.05, 0) is 65.7 Å². The molecule has 0 bridgehead atoms. The quantitative estimate of drug-likeness (QED) is 0.547. The number of anilines is 1. The zero-order chi connectivity index (χ0) is 25.6. The van der Waals surface area contributed by atoms with Gasteiger partial charge in [0.2, 0.25) is 5.91 Å². The Kier molecular flexibility index (Phi) is 9.10. The second-order valence-corrected chi connectivity index (χ2v) is 9.90. The van der Waals surface area contributed by atoms with Gasteiger partial charge < -0.3 is 20.3 Å². The van der Waals surface area contributed by atoms with Crippen LogP contribution in [-0.4, -0.2) is 41.0 Å². The molecule has 0 aliphatic rings. The van der Waals surface area contributed by atoms with E-state index in [0.717, 1.165) is 11.1 Å². The minimum Gasteiger partial charge on any atom is -0.444 e. The molecule has 0 saturated carbocycles. The summed E-state index contributed by atoms with van der Waals surface area (Å²) in [5, 5.41) is 5.81. The van der Waals surface area contributed by atoms with Crippen molar-refractivity contribution in [3.63, 3.8) is 0 Å². The van der Waals surface area contributed by atoms with Crippen molar-refractivity contribution in [1.82, 2.24) is 10.2 Å². The number of aryl methyl sites for hydroxylation is 2. The predicted molar refractivity (Wildman–Crippen MR) is 135 cm³/mol. The van der Waals surface area contributed by atoms with E-state index in [0.29, 0.717) is 16.3 Å². The van der Waals surface area contributed by atoms with Crippen molar-refractivity contribution < 1.29 is 19.1 Å². The summed E-state index contributed by atoms with van der Waals surface area (Å²) in [7, 11) is 0. The fourth-order valence-corrected chi connectivity index (χ4v) is 3.81. The summed E-state index contributed by atoms with van der Waals surface area (Å²) in [4.78, 5) is 40.5. The fourth-order valence-electron chi connectivity index (χ4n) is 3.54. The normalized spacial score (nSPS) is 12.1. The molecular formula is C26H34ClN3O4.